The van der Waals surface area contributed by atoms with Gasteiger partial charge < -0.3 is 14.8 Å². The minimum Gasteiger partial charge on any atom is -0.495 e. The van der Waals surface area contributed by atoms with Gasteiger partial charge in [-0.15, -0.1) is 0 Å². The van der Waals surface area contributed by atoms with Crippen molar-refractivity contribution in [3.63, 3.8) is 0 Å². The van der Waals surface area contributed by atoms with Gasteiger partial charge in [-0.2, -0.15) is 5.26 Å². The molecule has 0 aliphatic rings. The molecule has 0 aliphatic carbocycles. The molecule has 23 heavy (non-hydrogen) atoms. The van der Waals surface area contributed by atoms with Crippen molar-refractivity contribution in [3.05, 3.63) is 53.6 Å². The van der Waals surface area contributed by atoms with Crippen molar-refractivity contribution >= 4 is 11.6 Å². The van der Waals surface area contributed by atoms with E-state index in [1.165, 1.54) is 0 Å². The van der Waals surface area contributed by atoms with Crippen LogP contribution in [0.15, 0.2) is 42.5 Å². The second-order valence-electron chi connectivity index (χ2n) is 5.09. The SMILES string of the molecule is COc1ccc(C)cc1NC(=O)C(C)Oc1cccc(C#N)c1. The van der Waals surface area contributed by atoms with Crippen LogP contribution in [0.1, 0.15) is 18.1 Å². The van der Waals surface area contributed by atoms with E-state index >= 15 is 0 Å². The Morgan fingerprint density at radius 1 is 1.26 bits per heavy atom. The van der Waals surface area contributed by atoms with Crippen molar-refractivity contribution in [1.82, 2.24) is 0 Å². The highest BCUT2D eigenvalue weighted by atomic mass is 16.5. The summed E-state index contributed by atoms with van der Waals surface area (Å²) in [5.41, 5.74) is 2.09. The number of methoxy groups -OCH3 is 1. The second kappa shape index (κ2) is 7.32. The molecule has 0 saturated heterocycles. The van der Waals surface area contributed by atoms with Crippen LogP contribution < -0.4 is 14.8 Å². The van der Waals surface area contributed by atoms with Crippen LogP contribution in [-0.2, 0) is 4.79 Å². The van der Waals surface area contributed by atoms with Crippen LogP contribution in [0.4, 0.5) is 5.69 Å². The number of carbonyl (C=O) groups excluding carboxylic acids is 1. The number of nitriles is 1. The fourth-order valence-corrected chi connectivity index (χ4v) is 2.05. The normalized spacial score (nSPS) is 11.2. The van der Waals surface area contributed by atoms with Gasteiger partial charge in [0.2, 0.25) is 0 Å². The lowest BCUT2D eigenvalue weighted by molar-refractivity contribution is -0.122. The number of aryl methyl sites for hydroxylation is 1. The van der Waals surface area contributed by atoms with E-state index in [9.17, 15) is 4.79 Å². The van der Waals surface area contributed by atoms with Gasteiger partial charge in [-0.3, -0.25) is 4.79 Å². The molecule has 2 aromatic carbocycles. The van der Waals surface area contributed by atoms with Crippen molar-refractivity contribution in [2.24, 2.45) is 0 Å². The smallest absolute Gasteiger partial charge is 0.265 e. The molecule has 0 radical (unpaired) electrons. The molecule has 0 fully saturated rings. The number of nitrogens with one attached hydrogen (secondary N) is 1. The molecule has 0 aromatic heterocycles. The zero-order valence-electron chi connectivity index (χ0n) is 13.3. The van der Waals surface area contributed by atoms with Crippen molar-refractivity contribution in [2.45, 2.75) is 20.0 Å². The fourth-order valence-electron chi connectivity index (χ4n) is 2.05. The van der Waals surface area contributed by atoms with Crippen molar-refractivity contribution in [3.8, 4) is 17.6 Å². The highest BCUT2D eigenvalue weighted by Gasteiger charge is 2.17. The maximum absolute atomic E-state index is 12.3. The lowest BCUT2D eigenvalue weighted by atomic mass is 10.2. The molecule has 1 atom stereocenters. The number of ether oxygens (including phenoxy) is 2. The minimum atomic E-state index is -0.714. The Morgan fingerprint density at radius 3 is 2.74 bits per heavy atom. The third-order valence-electron chi connectivity index (χ3n) is 3.26. The summed E-state index contributed by atoms with van der Waals surface area (Å²) in [7, 11) is 1.55. The number of hydrogen-bond acceptors (Lipinski definition) is 4. The zero-order valence-corrected chi connectivity index (χ0v) is 13.3. The van der Waals surface area contributed by atoms with E-state index < -0.39 is 6.10 Å². The summed E-state index contributed by atoms with van der Waals surface area (Å²) in [6.45, 7) is 3.58. The molecule has 5 nitrogen and oxygen atoms in total. The van der Waals surface area contributed by atoms with E-state index in [1.54, 1.807) is 44.4 Å². The number of anilines is 1. The monoisotopic (exact) mass is 310 g/mol. The third kappa shape index (κ3) is 4.24. The Morgan fingerprint density at radius 2 is 2.04 bits per heavy atom. The molecular formula is C18H18N2O3. The number of nitrogens with zero attached hydrogens (tertiary/aromatic N) is 1. The van der Waals surface area contributed by atoms with Gasteiger partial charge in [0, 0.05) is 0 Å². The summed E-state index contributed by atoms with van der Waals surface area (Å²) in [5, 5.41) is 11.7. The van der Waals surface area contributed by atoms with E-state index in [-0.39, 0.29) is 5.91 Å². The van der Waals surface area contributed by atoms with E-state index in [0.717, 1.165) is 5.56 Å². The number of hydrogen-bond donors (Lipinski definition) is 1. The van der Waals surface area contributed by atoms with Gasteiger partial charge in [0.05, 0.1) is 24.4 Å². The van der Waals surface area contributed by atoms with Gasteiger partial charge in [-0.25, -0.2) is 0 Å². The molecule has 0 aliphatic heterocycles. The first-order valence-corrected chi connectivity index (χ1v) is 7.16. The molecular weight excluding hydrogens is 292 g/mol. The fraction of sp³-hybridized carbons (Fsp3) is 0.222. The summed E-state index contributed by atoms with van der Waals surface area (Å²) < 4.78 is 10.8. The number of benzene rings is 2. The first-order valence-electron chi connectivity index (χ1n) is 7.16. The van der Waals surface area contributed by atoms with Crippen molar-refractivity contribution in [1.29, 1.82) is 5.26 Å². The van der Waals surface area contributed by atoms with Gasteiger partial charge >= 0.3 is 0 Å². The Kier molecular flexibility index (Phi) is 5.21. The van der Waals surface area contributed by atoms with Crippen molar-refractivity contribution in [2.75, 3.05) is 12.4 Å². The summed E-state index contributed by atoms with van der Waals surface area (Å²) in [4.78, 5) is 12.3. The molecule has 2 aromatic rings. The lowest BCUT2D eigenvalue weighted by Crippen LogP contribution is -2.30. The lowest BCUT2D eigenvalue weighted by Gasteiger charge is -2.16. The number of carbonyl (C=O) groups is 1. The molecule has 1 unspecified atom stereocenters. The summed E-state index contributed by atoms with van der Waals surface area (Å²) in [5.74, 6) is 0.766. The first-order chi connectivity index (χ1) is 11.0. The average Bonchev–Trinajstić information content (AvgIpc) is 2.55. The standard InChI is InChI=1S/C18H18N2O3/c1-12-7-8-17(22-3)16(9-12)20-18(21)13(2)23-15-6-4-5-14(10-15)11-19/h4-10,13H,1-3H3,(H,20,21). The summed E-state index contributed by atoms with van der Waals surface area (Å²) >= 11 is 0. The van der Waals surface area contributed by atoms with Crippen LogP contribution in [0.25, 0.3) is 0 Å². The molecule has 0 saturated carbocycles. The van der Waals surface area contributed by atoms with E-state index in [1.807, 2.05) is 25.1 Å². The highest BCUT2D eigenvalue weighted by molar-refractivity contribution is 5.95. The third-order valence-corrected chi connectivity index (χ3v) is 3.26. The number of amides is 1. The van der Waals surface area contributed by atoms with Gasteiger partial charge in [-0.1, -0.05) is 12.1 Å². The van der Waals surface area contributed by atoms with E-state index in [2.05, 4.69) is 5.32 Å². The molecule has 1 N–H and O–H groups in total. The number of rotatable bonds is 5. The molecule has 0 spiro atoms. The molecule has 5 heteroatoms. The molecule has 1 amide bonds. The van der Waals surface area contributed by atoms with Crippen LogP contribution in [0.2, 0.25) is 0 Å². The van der Waals surface area contributed by atoms with Gasteiger partial charge in [0.25, 0.3) is 5.91 Å². The summed E-state index contributed by atoms with van der Waals surface area (Å²) in [6.07, 6.45) is -0.714. The second-order valence-corrected chi connectivity index (χ2v) is 5.09. The molecule has 0 heterocycles. The van der Waals surface area contributed by atoms with Crippen LogP contribution >= 0.6 is 0 Å². The van der Waals surface area contributed by atoms with Crippen LogP contribution in [0.5, 0.6) is 11.5 Å². The van der Waals surface area contributed by atoms with E-state index in [4.69, 9.17) is 14.7 Å². The Labute approximate surface area is 135 Å². The van der Waals surface area contributed by atoms with Crippen molar-refractivity contribution < 1.29 is 14.3 Å². The van der Waals surface area contributed by atoms with Crippen LogP contribution in [-0.4, -0.2) is 19.1 Å². The predicted molar refractivity (Wildman–Crippen MR) is 87.6 cm³/mol. The quantitative estimate of drug-likeness (QED) is 0.920. The zero-order chi connectivity index (χ0) is 16.8. The maximum Gasteiger partial charge on any atom is 0.265 e. The first kappa shape index (κ1) is 16.4. The van der Waals surface area contributed by atoms with Crippen LogP contribution in [0.3, 0.4) is 0 Å². The largest absolute Gasteiger partial charge is 0.495 e. The van der Waals surface area contributed by atoms with E-state index in [0.29, 0.717) is 22.7 Å². The molecule has 0 bridgehead atoms. The topological polar surface area (TPSA) is 71.3 Å². The highest BCUT2D eigenvalue weighted by Crippen LogP contribution is 2.25. The minimum absolute atomic E-state index is 0.295. The Hall–Kier alpha value is -3.00. The van der Waals surface area contributed by atoms with Gasteiger partial charge in [0.15, 0.2) is 6.10 Å². The maximum atomic E-state index is 12.3. The van der Waals surface area contributed by atoms with Gasteiger partial charge in [0.1, 0.15) is 11.5 Å². The van der Waals surface area contributed by atoms with Gasteiger partial charge in [-0.05, 0) is 49.7 Å². The average molecular weight is 310 g/mol. The Bertz CT molecular complexity index is 750. The summed E-state index contributed by atoms with van der Waals surface area (Å²) in [6, 6.07) is 14.3. The predicted octanol–water partition coefficient (Wildman–Crippen LogP) is 3.28. The van der Waals surface area contributed by atoms with Crippen LogP contribution in [0, 0.1) is 18.3 Å². The molecule has 118 valence electrons. The molecule has 2 rings (SSSR count). The Balaban J connectivity index is 2.08.